The first kappa shape index (κ1) is 31.5. The molecular formula is C27H35Cl2N5O6. The van der Waals surface area contributed by atoms with Crippen molar-refractivity contribution in [3.63, 3.8) is 0 Å². The van der Waals surface area contributed by atoms with E-state index < -0.39 is 23.6 Å². The SMILES string of the molecule is COC(=O)c1cc(Cl)cc(CN2CCN(Cc3cc(Cl)cc(C(=O)OC)n3)CCN(C(=O)OC(C)(C)C)CC2)n1. The zero-order valence-electron chi connectivity index (χ0n) is 23.4. The van der Waals surface area contributed by atoms with Gasteiger partial charge in [0.15, 0.2) is 0 Å². The molecule has 0 saturated carbocycles. The predicted molar refractivity (Wildman–Crippen MR) is 150 cm³/mol. The topological polar surface area (TPSA) is 114 Å². The minimum Gasteiger partial charge on any atom is -0.464 e. The van der Waals surface area contributed by atoms with Crippen molar-refractivity contribution in [2.75, 3.05) is 53.5 Å². The molecule has 11 nitrogen and oxygen atoms in total. The van der Waals surface area contributed by atoms with E-state index in [1.54, 1.807) is 17.0 Å². The molecule has 0 unspecified atom stereocenters. The average molecular weight is 597 g/mol. The Morgan fingerprint density at radius 3 is 1.52 bits per heavy atom. The molecule has 1 aliphatic rings. The number of hydrogen-bond donors (Lipinski definition) is 0. The molecule has 3 rings (SSSR count). The van der Waals surface area contributed by atoms with Gasteiger partial charge in [-0.15, -0.1) is 0 Å². The number of nitrogens with zero attached hydrogens (tertiary/aromatic N) is 5. The van der Waals surface area contributed by atoms with E-state index >= 15 is 0 Å². The number of carbonyl (C=O) groups excluding carboxylic acids is 3. The van der Waals surface area contributed by atoms with Crippen LogP contribution in [0.4, 0.5) is 4.79 Å². The molecule has 1 aliphatic heterocycles. The molecule has 40 heavy (non-hydrogen) atoms. The molecule has 3 heterocycles. The van der Waals surface area contributed by atoms with Gasteiger partial charge in [0.1, 0.15) is 17.0 Å². The quantitative estimate of drug-likeness (QED) is 0.359. The highest BCUT2D eigenvalue weighted by atomic mass is 35.5. The Kier molecular flexibility index (Phi) is 11.1. The third-order valence-electron chi connectivity index (χ3n) is 6.00. The maximum atomic E-state index is 13.0. The predicted octanol–water partition coefficient (Wildman–Crippen LogP) is 3.91. The standard InChI is InChI=1S/C27H35Cl2N5O6/c1-27(2,3)40-26(37)34-10-8-32(16-20-12-18(28)14-22(30-20)24(35)38-4)6-7-33(9-11-34)17-21-13-19(29)15-23(31-21)25(36)39-5/h12-15H,6-11,16-17H2,1-5H3. The highest BCUT2D eigenvalue weighted by Gasteiger charge is 2.25. The van der Waals surface area contributed by atoms with Crippen LogP contribution in [0.3, 0.4) is 0 Å². The maximum absolute atomic E-state index is 13.0. The van der Waals surface area contributed by atoms with E-state index in [0.29, 0.717) is 73.8 Å². The van der Waals surface area contributed by atoms with Crippen LogP contribution < -0.4 is 0 Å². The molecule has 218 valence electrons. The van der Waals surface area contributed by atoms with Crippen molar-refractivity contribution in [2.24, 2.45) is 0 Å². The van der Waals surface area contributed by atoms with Crippen molar-refractivity contribution in [3.05, 3.63) is 57.1 Å². The molecule has 0 aliphatic carbocycles. The number of halogens is 2. The average Bonchev–Trinajstić information content (AvgIpc) is 2.97. The summed E-state index contributed by atoms with van der Waals surface area (Å²) in [6.45, 7) is 9.43. The van der Waals surface area contributed by atoms with Crippen molar-refractivity contribution < 1.29 is 28.6 Å². The van der Waals surface area contributed by atoms with Crippen LogP contribution in [-0.2, 0) is 27.3 Å². The van der Waals surface area contributed by atoms with Crippen LogP contribution in [0.5, 0.6) is 0 Å². The molecule has 0 spiro atoms. The van der Waals surface area contributed by atoms with Gasteiger partial charge in [0.05, 0.1) is 25.6 Å². The lowest BCUT2D eigenvalue weighted by Crippen LogP contribution is -2.42. The first-order valence-corrected chi connectivity index (χ1v) is 13.5. The maximum Gasteiger partial charge on any atom is 0.410 e. The Morgan fingerprint density at radius 1 is 0.750 bits per heavy atom. The molecule has 0 radical (unpaired) electrons. The van der Waals surface area contributed by atoms with E-state index in [1.807, 2.05) is 20.8 Å². The molecule has 13 heteroatoms. The third-order valence-corrected chi connectivity index (χ3v) is 6.44. The van der Waals surface area contributed by atoms with Gasteiger partial charge in [-0.3, -0.25) is 9.80 Å². The van der Waals surface area contributed by atoms with Crippen molar-refractivity contribution in [2.45, 2.75) is 39.5 Å². The van der Waals surface area contributed by atoms with Gasteiger partial charge in [-0.2, -0.15) is 0 Å². The van der Waals surface area contributed by atoms with Crippen molar-refractivity contribution in [3.8, 4) is 0 Å². The number of carbonyl (C=O) groups is 3. The first-order chi connectivity index (χ1) is 18.9. The molecule has 0 atom stereocenters. The van der Waals surface area contributed by atoms with Crippen molar-refractivity contribution in [1.29, 1.82) is 0 Å². The summed E-state index contributed by atoms with van der Waals surface area (Å²) in [5.74, 6) is -1.15. The Hall–Kier alpha value is -2.99. The molecule has 0 N–H and O–H groups in total. The van der Waals surface area contributed by atoms with Gasteiger partial charge in [0.2, 0.25) is 0 Å². The highest BCUT2D eigenvalue weighted by Crippen LogP contribution is 2.18. The second kappa shape index (κ2) is 14.1. The number of ether oxygens (including phenoxy) is 3. The summed E-state index contributed by atoms with van der Waals surface area (Å²) in [6.07, 6.45) is -0.406. The Morgan fingerprint density at radius 2 is 1.15 bits per heavy atom. The minimum absolute atomic E-state index is 0.125. The summed E-state index contributed by atoms with van der Waals surface area (Å²) in [4.78, 5) is 51.9. The highest BCUT2D eigenvalue weighted by molar-refractivity contribution is 6.31. The van der Waals surface area contributed by atoms with Crippen LogP contribution in [0.1, 0.15) is 53.1 Å². The van der Waals surface area contributed by atoms with Crippen molar-refractivity contribution >= 4 is 41.2 Å². The van der Waals surface area contributed by atoms with Gasteiger partial charge >= 0.3 is 18.0 Å². The fourth-order valence-corrected chi connectivity index (χ4v) is 4.57. The van der Waals surface area contributed by atoms with E-state index in [-0.39, 0.29) is 11.4 Å². The normalized spacial score (nSPS) is 15.5. The fraction of sp³-hybridized carbons (Fsp3) is 0.519. The summed E-state index contributed by atoms with van der Waals surface area (Å²) in [7, 11) is 2.57. The molecule has 2 aromatic heterocycles. The summed E-state index contributed by atoms with van der Waals surface area (Å²) in [5, 5.41) is 0.750. The van der Waals surface area contributed by atoms with Gasteiger partial charge < -0.3 is 19.1 Å². The lowest BCUT2D eigenvalue weighted by Gasteiger charge is -2.29. The molecule has 1 amide bonds. The second-order valence-corrected chi connectivity index (χ2v) is 11.2. The van der Waals surface area contributed by atoms with Crippen LogP contribution in [0.2, 0.25) is 10.0 Å². The number of pyridine rings is 2. The van der Waals surface area contributed by atoms with Gasteiger partial charge in [0, 0.05) is 62.4 Å². The van der Waals surface area contributed by atoms with Crippen LogP contribution in [0, 0.1) is 0 Å². The largest absolute Gasteiger partial charge is 0.464 e. The lowest BCUT2D eigenvalue weighted by atomic mass is 10.2. The van der Waals surface area contributed by atoms with E-state index in [1.165, 1.54) is 26.4 Å². The Bertz CT molecular complexity index is 1140. The van der Waals surface area contributed by atoms with Crippen molar-refractivity contribution in [1.82, 2.24) is 24.7 Å². The monoisotopic (exact) mass is 595 g/mol. The molecule has 2 aromatic rings. The van der Waals surface area contributed by atoms with Crippen LogP contribution in [0.15, 0.2) is 24.3 Å². The summed E-state index contributed by atoms with van der Waals surface area (Å²) >= 11 is 12.5. The molecule has 1 saturated heterocycles. The van der Waals surface area contributed by atoms with Gasteiger partial charge in [-0.1, -0.05) is 23.2 Å². The van der Waals surface area contributed by atoms with Gasteiger partial charge in [-0.05, 0) is 45.0 Å². The smallest absolute Gasteiger partial charge is 0.410 e. The number of hydrogen-bond acceptors (Lipinski definition) is 10. The third kappa shape index (κ3) is 9.58. The molecule has 1 fully saturated rings. The summed E-state index contributed by atoms with van der Waals surface area (Å²) in [6, 6.07) is 6.33. The summed E-state index contributed by atoms with van der Waals surface area (Å²) in [5.41, 5.74) is 0.807. The molecular weight excluding hydrogens is 561 g/mol. The number of esters is 2. The second-order valence-electron chi connectivity index (χ2n) is 10.3. The van der Waals surface area contributed by atoms with E-state index in [9.17, 15) is 14.4 Å². The zero-order chi connectivity index (χ0) is 29.4. The zero-order valence-corrected chi connectivity index (χ0v) is 24.9. The number of amides is 1. The van der Waals surface area contributed by atoms with Crippen LogP contribution in [0.25, 0.3) is 0 Å². The van der Waals surface area contributed by atoms with E-state index in [4.69, 9.17) is 37.4 Å². The van der Waals surface area contributed by atoms with E-state index in [0.717, 1.165) is 0 Å². The fourth-order valence-electron chi connectivity index (χ4n) is 4.11. The Balaban J connectivity index is 1.84. The minimum atomic E-state index is -0.640. The van der Waals surface area contributed by atoms with Crippen LogP contribution in [-0.4, -0.2) is 102 Å². The number of methoxy groups -OCH3 is 2. The summed E-state index contributed by atoms with van der Waals surface area (Å²) < 4.78 is 15.2. The van der Waals surface area contributed by atoms with Gasteiger partial charge in [-0.25, -0.2) is 24.4 Å². The molecule has 0 aromatic carbocycles. The number of aromatic nitrogens is 2. The first-order valence-electron chi connectivity index (χ1n) is 12.8. The molecule has 0 bridgehead atoms. The van der Waals surface area contributed by atoms with E-state index in [2.05, 4.69) is 19.8 Å². The van der Waals surface area contributed by atoms with Gasteiger partial charge in [0.25, 0.3) is 0 Å². The lowest BCUT2D eigenvalue weighted by molar-refractivity contribution is 0.0229. The van der Waals surface area contributed by atoms with Crippen LogP contribution >= 0.6 is 23.2 Å². The Labute approximate surface area is 244 Å². The number of rotatable bonds is 6.